The van der Waals surface area contributed by atoms with Crippen LogP contribution in [0.5, 0.6) is 11.8 Å². The molecule has 1 heterocycles. The van der Waals surface area contributed by atoms with Crippen molar-refractivity contribution in [2.75, 3.05) is 19.5 Å². The summed E-state index contributed by atoms with van der Waals surface area (Å²) in [6.07, 6.45) is 0. The van der Waals surface area contributed by atoms with Crippen molar-refractivity contribution in [3.05, 3.63) is 82.3 Å². The first kappa shape index (κ1) is 21.7. The minimum Gasteiger partial charge on any atom is -0.497 e. The van der Waals surface area contributed by atoms with E-state index in [9.17, 15) is 4.79 Å². The number of benzene rings is 3. The maximum Gasteiger partial charge on any atom is 0.336 e. The van der Waals surface area contributed by atoms with Crippen molar-refractivity contribution in [3.63, 3.8) is 0 Å². The van der Waals surface area contributed by atoms with E-state index in [1.54, 1.807) is 66.4 Å². The van der Waals surface area contributed by atoms with E-state index in [0.717, 1.165) is 11.3 Å². The number of carbonyl (C=O) groups excluding carboxylic acids is 1. The molecule has 1 N–H and O–H groups in total. The molecule has 1 aromatic heterocycles. The average molecular weight is 469 g/mol. The van der Waals surface area contributed by atoms with Crippen molar-refractivity contribution in [1.29, 1.82) is 0 Å². The second kappa shape index (κ2) is 9.30. The Morgan fingerprint density at radius 3 is 2.25 bits per heavy atom. The molecule has 4 rings (SSSR count). The van der Waals surface area contributed by atoms with Gasteiger partial charge >= 0.3 is 6.01 Å². The van der Waals surface area contributed by atoms with Gasteiger partial charge in [-0.3, -0.25) is 4.79 Å². The number of nitrogens with one attached hydrogen (secondary N) is 1. The van der Waals surface area contributed by atoms with Crippen molar-refractivity contribution in [1.82, 2.24) is 14.8 Å². The van der Waals surface area contributed by atoms with Crippen LogP contribution in [-0.2, 0) is 0 Å². The summed E-state index contributed by atoms with van der Waals surface area (Å²) in [4.78, 5) is 16.9. The largest absolute Gasteiger partial charge is 0.497 e. The summed E-state index contributed by atoms with van der Waals surface area (Å²) >= 11 is 12.2. The lowest BCUT2D eigenvalue weighted by atomic mass is 10.2. The lowest BCUT2D eigenvalue weighted by Crippen LogP contribution is -2.11. The van der Waals surface area contributed by atoms with E-state index in [1.165, 1.54) is 7.11 Å². The number of carbonyl (C=O) groups is 1. The predicted octanol–water partition coefficient (Wildman–Crippen LogP) is 5.51. The molecule has 0 radical (unpaired) electrons. The molecule has 9 heteroatoms. The first-order valence-electron chi connectivity index (χ1n) is 9.51. The van der Waals surface area contributed by atoms with E-state index in [1.807, 2.05) is 12.1 Å². The number of ether oxygens (including phenoxy) is 2. The monoisotopic (exact) mass is 468 g/mol. The standard InChI is InChI=1S/C23H18Cl2N4O3/c1-31-18-10-3-14(4-11-18)22(30)26-16-6-8-17(9-7-16)29-21(27-23(28-29)32-2)15-5-12-19(24)20(25)13-15/h3-13H,1-2H3,(H,26,30). The molecule has 0 saturated carbocycles. The van der Waals surface area contributed by atoms with Gasteiger partial charge < -0.3 is 14.8 Å². The van der Waals surface area contributed by atoms with Gasteiger partial charge in [0.1, 0.15) is 5.75 Å². The molecular weight excluding hydrogens is 451 g/mol. The van der Waals surface area contributed by atoms with Gasteiger partial charge in [-0.05, 0) is 66.7 Å². The summed E-state index contributed by atoms with van der Waals surface area (Å²) in [5.74, 6) is 1.00. The normalized spacial score (nSPS) is 10.6. The highest BCUT2D eigenvalue weighted by Crippen LogP contribution is 2.30. The van der Waals surface area contributed by atoms with Gasteiger partial charge in [0, 0.05) is 16.8 Å². The maximum absolute atomic E-state index is 12.5. The minimum atomic E-state index is -0.223. The molecule has 0 aliphatic carbocycles. The van der Waals surface area contributed by atoms with Gasteiger partial charge in [-0.15, -0.1) is 5.10 Å². The highest BCUT2D eigenvalue weighted by atomic mass is 35.5. The summed E-state index contributed by atoms with van der Waals surface area (Å²) < 4.78 is 12.0. The zero-order valence-electron chi connectivity index (χ0n) is 17.2. The van der Waals surface area contributed by atoms with Gasteiger partial charge in [0.25, 0.3) is 5.91 Å². The molecule has 1 amide bonds. The number of hydrogen-bond acceptors (Lipinski definition) is 5. The van der Waals surface area contributed by atoms with Crippen LogP contribution in [-0.4, -0.2) is 34.9 Å². The Balaban J connectivity index is 1.59. The van der Waals surface area contributed by atoms with Crippen LogP contribution >= 0.6 is 23.2 Å². The number of rotatable bonds is 6. The molecular formula is C23H18Cl2N4O3. The van der Waals surface area contributed by atoms with Crippen LogP contribution in [0.15, 0.2) is 66.7 Å². The van der Waals surface area contributed by atoms with Crippen molar-refractivity contribution in [2.24, 2.45) is 0 Å². The molecule has 0 fully saturated rings. The van der Waals surface area contributed by atoms with Gasteiger partial charge in [-0.2, -0.15) is 4.98 Å². The third kappa shape index (κ3) is 4.54. The van der Waals surface area contributed by atoms with Crippen LogP contribution in [0.4, 0.5) is 5.69 Å². The van der Waals surface area contributed by atoms with Crippen LogP contribution in [0, 0.1) is 0 Å². The maximum atomic E-state index is 12.5. The van der Waals surface area contributed by atoms with Crippen molar-refractivity contribution in [3.8, 4) is 28.8 Å². The smallest absolute Gasteiger partial charge is 0.336 e. The fourth-order valence-corrected chi connectivity index (χ4v) is 3.31. The van der Waals surface area contributed by atoms with E-state index >= 15 is 0 Å². The fourth-order valence-electron chi connectivity index (χ4n) is 3.01. The predicted molar refractivity (Wildman–Crippen MR) is 124 cm³/mol. The molecule has 7 nitrogen and oxygen atoms in total. The number of nitrogens with zero attached hydrogens (tertiary/aromatic N) is 3. The molecule has 0 bridgehead atoms. The van der Waals surface area contributed by atoms with Crippen LogP contribution in [0.25, 0.3) is 17.1 Å². The Kier molecular flexibility index (Phi) is 6.30. The van der Waals surface area contributed by atoms with Gasteiger partial charge in [0.15, 0.2) is 5.82 Å². The summed E-state index contributed by atoms with van der Waals surface area (Å²) in [5, 5.41) is 8.12. The van der Waals surface area contributed by atoms with Crippen LogP contribution in [0.3, 0.4) is 0 Å². The zero-order chi connectivity index (χ0) is 22.7. The molecule has 162 valence electrons. The van der Waals surface area contributed by atoms with E-state index in [-0.39, 0.29) is 11.9 Å². The summed E-state index contributed by atoms with van der Waals surface area (Å²) in [6.45, 7) is 0. The summed E-state index contributed by atoms with van der Waals surface area (Å²) in [6, 6.07) is 19.5. The van der Waals surface area contributed by atoms with E-state index in [0.29, 0.717) is 32.9 Å². The Labute approximate surface area is 194 Å². The van der Waals surface area contributed by atoms with Crippen LogP contribution in [0.1, 0.15) is 10.4 Å². The first-order chi connectivity index (χ1) is 15.5. The Morgan fingerprint density at radius 1 is 0.906 bits per heavy atom. The number of methoxy groups -OCH3 is 2. The third-order valence-corrected chi connectivity index (χ3v) is 5.41. The van der Waals surface area contributed by atoms with E-state index in [4.69, 9.17) is 32.7 Å². The first-order valence-corrected chi connectivity index (χ1v) is 10.3. The van der Waals surface area contributed by atoms with E-state index < -0.39 is 0 Å². The van der Waals surface area contributed by atoms with Gasteiger partial charge in [-0.1, -0.05) is 23.2 Å². The lowest BCUT2D eigenvalue weighted by Gasteiger charge is -2.09. The molecule has 0 aliphatic rings. The van der Waals surface area contributed by atoms with Crippen molar-refractivity contribution < 1.29 is 14.3 Å². The molecule has 3 aromatic carbocycles. The van der Waals surface area contributed by atoms with Crippen LogP contribution < -0.4 is 14.8 Å². The third-order valence-electron chi connectivity index (χ3n) is 4.67. The molecule has 0 saturated heterocycles. The average Bonchev–Trinajstić information content (AvgIpc) is 3.26. The van der Waals surface area contributed by atoms with Gasteiger partial charge in [0.05, 0.1) is 30.0 Å². The van der Waals surface area contributed by atoms with Gasteiger partial charge in [0.2, 0.25) is 0 Å². The number of aromatic nitrogens is 3. The molecule has 4 aromatic rings. The highest BCUT2D eigenvalue weighted by Gasteiger charge is 2.16. The van der Waals surface area contributed by atoms with Crippen molar-refractivity contribution in [2.45, 2.75) is 0 Å². The Bertz CT molecular complexity index is 1260. The topological polar surface area (TPSA) is 78.3 Å². The minimum absolute atomic E-state index is 0.211. The van der Waals surface area contributed by atoms with Crippen LogP contribution in [0.2, 0.25) is 10.0 Å². The molecule has 0 unspecified atom stereocenters. The Morgan fingerprint density at radius 2 is 1.62 bits per heavy atom. The van der Waals surface area contributed by atoms with Gasteiger partial charge in [-0.25, -0.2) is 4.68 Å². The molecule has 0 atom stereocenters. The number of hydrogen-bond donors (Lipinski definition) is 1. The Hall–Kier alpha value is -3.55. The quantitative estimate of drug-likeness (QED) is 0.403. The number of amides is 1. The summed E-state index contributed by atoms with van der Waals surface area (Å²) in [5.41, 5.74) is 2.62. The second-order valence-electron chi connectivity index (χ2n) is 6.69. The number of anilines is 1. The van der Waals surface area contributed by atoms with Crippen molar-refractivity contribution >= 4 is 34.8 Å². The SMILES string of the molecule is COc1ccc(C(=O)Nc2ccc(-n3nc(OC)nc3-c3ccc(Cl)c(Cl)c3)cc2)cc1. The zero-order valence-corrected chi connectivity index (χ0v) is 18.7. The molecule has 0 spiro atoms. The second-order valence-corrected chi connectivity index (χ2v) is 7.51. The highest BCUT2D eigenvalue weighted by molar-refractivity contribution is 6.42. The molecule has 0 aliphatic heterocycles. The lowest BCUT2D eigenvalue weighted by molar-refractivity contribution is 0.102. The number of halogens is 2. The summed E-state index contributed by atoms with van der Waals surface area (Å²) in [7, 11) is 3.07. The van der Waals surface area contributed by atoms with E-state index in [2.05, 4.69) is 15.4 Å². The fraction of sp³-hybridized carbons (Fsp3) is 0.0870. The molecule has 32 heavy (non-hydrogen) atoms.